The lowest BCUT2D eigenvalue weighted by atomic mass is 10.1. The Morgan fingerprint density at radius 1 is 1.36 bits per heavy atom. The molecule has 0 aliphatic rings. The van der Waals surface area contributed by atoms with Crippen LogP contribution in [0.4, 0.5) is 0 Å². The lowest BCUT2D eigenvalue weighted by Gasteiger charge is -2.08. The average molecular weight is 193 g/mol. The van der Waals surface area contributed by atoms with E-state index in [0.717, 1.165) is 19.5 Å². The number of nitrogens with one attached hydrogen (secondary N) is 1. The van der Waals surface area contributed by atoms with Gasteiger partial charge in [0.1, 0.15) is 0 Å². The molecule has 2 heteroatoms. The van der Waals surface area contributed by atoms with Gasteiger partial charge in [-0.15, -0.1) is 0 Å². The SMILES string of the molecule is Cc1ccccc1CNCC[C@@H](C)O. The maximum absolute atomic E-state index is 9.06. The maximum atomic E-state index is 9.06. The fourth-order valence-corrected chi connectivity index (χ4v) is 1.34. The Morgan fingerprint density at radius 3 is 2.71 bits per heavy atom. The van der Waals surface area contributed by atoms with E-state index in [2.05, 4.69) is 36.5 Å². The lowest BCUT2D eigenvalue weighted by molar-refractivity contribution is 0.183. The van der Waals surface area contributed by atoms with Crippen molar-refractivity contribution in [1.82, 2.24) is 5.32 Å². The van der Waals surface area contributed by atoms with E-state index in [1.807, 2.05) is 6.92 Å². The summed E-state index contributed by atoms with van der Waals surface area (Å²) in [5, 5.41) is 12.4. The summed E-state index contributed by atoms with van der Waals surface area (Å²) in [5.74, 6) is 0. The Balaban J connectivity index is 2.28. The van der Waals surface area contributed by atoms with Gasteiger partial charge in [0.05, 0.1) is 6.10 Å². The monoisotopic (exact) mass is 193 g/mol. The van der Waals surface area contributed by atoms with Crippen molar-refractivity contribution < 1.29 is 5.11 Å². The zero-order valence-corrected chi connectivity index (χ0v) is 8.96. The van der Waals surface area contributed by atoms with Crippen LogP contribution in [0.1, 0.15) is 24.5 Å². The van der Waals surface area contributed by atoms with Gasteiger partial charge in [0.25, 0.3) is 0 Å². The first-order valence-corrected chi connectivity index (χ1v) is 5.13. The molecule has 0 spiro atoms. The fraction of sp³-hybridized carbons (Fsp3) is 0.500. The molecular formula is C12H19NO. The van der Waals surface area contributed by atoms with Gasteiger partial charge in [-0.05, 0) is 37.9 Å². The standard InChI is InChI=1S/C12H19NO/c1-10-5-3-4-6-12(10)9-13-8-7-11(2)14/h3-6,11,13-14H,7-9H2,1-2H3/t11-/m1/s1. The largest absolute Gasteiger partial charge is 0.393 e. The van der Waals surface area contributed by atoms with Crippen LogP contribution in [0.3, 0.4) is 0 Å². The third-order valence-corrected chi connectivity index (χ3v) is 2.32. The molecule has 0 amide bonds. The highest BCUT2D eigenvalue weighted by Gasteiger charge is 1.97. The molecule has 2 N–H and O–H groups in total. The third kappa shape index (κ3) is 3.90. The quantitative estimate of drug-likeness (QED) is 0.699. The minimum Gasteiger partial charge on any atom is -0.393 e. The van der Waals surface area contributed by atoms with Gasteiger partial charge in [-0.1, -0.05) is 24.3 Å². The smallest absolute Gasteiger partial charge is 0.0524 e. The van der Waals surface area contributed by atoms with Crippen LogP contribution in [0.2, 0.25) is 0 Å². The second kappa shape index (κ2) is 5.78. The molecular weight excluding hydrogens is 174 g/mol. The summed E-state index contributed by atoms with van der Waals surface area (Å²) in [6, 6.07) is 8.35. The van der Waals surface area contributed by atoms with Crippen LogP contribution in [0.5, 0.6) is 0 Å². The molecule has 0 saturated heterocycles. The van der Waals surface area contributed by atoms with E-state index in [0.29, 0.717) is 0 Å². The van der Waals surface area contributed by atoms with Crippen LogP contribution in [0, 0.1) is 6.92 Å². The van der Waals surface area contributed by atoms with Gasteiger partial charge in [0.15, 0.2) is 0 Å². The summed E-state index contributed by atoms with van der Waals surface area (Å²) in [7, 11) is 0. The van der Waals surface area contributed by atoms with E-state index in [4.69, 9.17) is 5.11 Å². The zero-order chi connectivity index (χ0) is 10.4. The minimum atomic E-state index is -0.209. The second-order valence-corrected chi connectivity index (χ2v) is 3.74. The van der Waals surface area contributed by atoms with E-state index < -0.39 is 0 Å². The number of hydrogen-bond donors (Lipinski definition) is 2. The van der Waals surface area contributed by atoms with Crippen LogP contribution >= 0.6 is 0 Å². The Morgan fingerprint density at radius 2 is 2.07 bits per heavy atom. The summed E-state index contributed by atoms with van der Waals surface area (Å²) in [5.41, 5.74) is 2.65. The maximum Gasteiger partial charge on any atom is 0.0524 e. The number of aryl methyl sites for hydroxylation is 1. The Kier molecular flexibility index (Phi) is 4.63. The van der Waals surface area contributed by atoms with Gasteiger partial charge >= 0.3 is 0 Å². The normalized spacial score (nSPS) is 12.8. The van der Waals surface area contributed by atoms with Crippen LogP contribution in [-0.2, 0) is 6.54 Å². The molecule has 1 rings (SSSR count). The fourth-order valence-electron chi connectivity index (χ4n) is 1.34. The van der Waals surface area contributed by atoms with Gasteiger partial charge in [-0.25, -0.2) is 0 Å². The van der Waals surface area contributed by atoms with E-state index in [-0.39, 0.29) is 6.10 Å². The van der Waals surface area contributed by atoms with Crippen LogP contribution < -0.4 is 5.32 Å². The van der Waals surface area contributed by atoms with Crippen molar-refractivity contribution in [3.63, 3.8) is 0 Å². The first-order chi connectivity index (χ1) is 6.70. The molecule has 1 aromatic carbocycles. The van der Waals surface area contributed by atoms with E-state index >= 15 is 0 Å². The molecule has 2 nitrogen and oxygen atoms in total. The number of aliphatic hydroxyl groups excluding tert-OH is 1. The highest BCUT2D eigenvalue weighted by Crippen LogP contribution is 2.05. The van der Waals surface area contributed by atoms with Gasteiger partial charge < -0.3 is 10.4 Å². The van der Waals surface area contributed by atoms with Crippen molar-refractivity contribution in [2.24, 2.45) is 0 Å². The summed E-state index contributed by atoms with van der Waals surface area (Å²) in [6.45, 7) is 5.69. The van der Waals surface area contributed by atoms with Gasteiger partial charge in [-0.2, -0.15) is 0 Å². The van der Waals surface area contributed by atoms with Crippen LogP contribution in [-0.4, -0.2) is 17.8 Å². The number of rotatable bonds is 5. The van der Waals surface area contributed by atoms with Crippen molar-refractivity contribution in [3.8, 4) is 0 Å². The molecule has 0 unspecified atom stereocenters. The van der Waals surface area contributed by atoms with Crippen molar-refractivity contribution in [2.75, 3.05) is 6.54 Å². The van der Waals surface area contributed by atoms with Crippen molar-refractivity contribution in [3.05, 3.63) is 35.4 Å². The molecule has 0 saturated carbocycles. The molecule has 0 bridgehead atoms. The summed E-state index contributed by atoms with van der Waals surface area (Å²) in [4.78, 5) is 0. The van der Waals surface area contributed by atoms with E-state index in [1.54, 1.807) is 0 Å². The summed E-state index contributed by atoms with van der Waals surface area (Å²) in [6.07, 6.45) is 0.602. The van der Waals surface area contributed by atoms with Gasteiger partial charge in [-0.3, -0.25) is 0 Å². The number of aliphatic hydroxyl groups is 1. The third-order valence-electron chi connectivity index (χ3n) is 2.32. The highest BCUT2D eigenvalue weighted by molar-refractivity contribution is 5.25. The highest BCUT2D eigenvalue weighted by atomic mass is 16.3. The molecule has 1 atom stereocenters. The Hall–Kier alpha value is -0.860. The molecule has 0 fully saturated rings. The van der Waals surface area contributed by atoms with Crippen molar-refractivity contribution in [2.45, 2.75) is 32.9 Å². The Bertz CT molecular complexity index is 271. The van der Waals surface area contributed by atoms with Crippen LogP contribution in [0.25, 0.3) is 0 Å². The van der Waals surface area contributed by atoms with Gasteiger partial charge in [0, 0.05) is 6.54 Å². The van der Waals surface area contributed by atoms with E-state index in [1.165, 1.54) is 11.1 Å². The summed E-state index contributed by atoms with van der Waals surface area (Å²) < 4.78 is 0. The molecule has 0 aliphatic heterocycles. The topological polar surface area (TPSA) is 32.3 Å². The molecule has 0 aromatic heterocycles. The van der Waals surface area contributed by atoms with Gasteiger partial charge in [0.2, 0.25) is 0 Å². The molecule has 78 valence electrons. The molecule has 1 aromatic rings. The number of benzene rings is 1. The average Bonchev–Trinajstić information content (AvgIpc) is 2.15. The zero-order valence-electron chi connectivity index (χ0n) is 8.96. The predicted molar refractivity (Wildman–Crippen MR) is 59.2 cm³/mol. The molecule has 14 heavy (non-hydrogen) atoms. The summed E-state index contributed by atoms with van der Waals surface area (Å²) >= 11 is 0. The second-order valence-electron chi connectivity index (χ2n) is 3.74. The lowest BCUT2D eigenvalue weighted by Crippen LogP contribution is -2.19. The van der Waals surface area contributed by atoms with Crippen molar-refractivity contribution in [1.29, 1.82) is 0 Å². The first-order valence-electron chi connectivity index (χ1n) is 5.13. The predicted octanol–water partition coefficient (Wildman–Crippen LogP) is 1.86. The number of hydrogen-bond acceptors (Lipinski definition) is 2. The molecule has 0 radical (unpaired) electrons. The minimum absolute atomic E-state index is 0.209. The Labute approximate surface area is 86.0 Å². The molecule has 0 aliphatic carbocycles. The van der Waals surface area contributed by atoms with Crippen LogP contribution in [0.15, 0.2) is 24.3 Å². The molecule has 0 heterocycles. The van der Waals surface area contributed by atoms with E-state index in [9.17, 15) is 0 Å². The first kappa shape index (κ1) is 11.2. The van der Waals surface area contributed by atoms with Crippen molar-refractivity contribution >= 4 is 0 Å².